The topological polar surface area (TPSA) is 0 Å². The number of hydrogen-bond acceptors (Lipinski definition) is 0. The fourth-order valence-corrected chi connectivity index (χ4v) is 1.16. The second-order valence-corrected chi connectivity index (χ2v) is 3.10. The van der Waals surface area contributed by atoms with Crippen LogP contribution < -0.4 is 0 Å². The minimum atomic E-state index is 0.154. The highest BCUT2D eigenvalue weighted by Gasteiger charge is 2.16. The highest BCUT2D eigenvalue weighted by molar-refractivity contribution is 6.30. The van der Waals surface area contributed by atoms with E-state index in [9.17, 15) is 0 Å². The van der Waals surface area contributed by atoms with E-state index in [1.54, 1.807) is 0 Å². The zero-order valence-electron chi connectivity index (χ0n) is 4.48. The van der Waals surface area contributed by atoms with E-state index in [1.165, 1.54) is 0 Å². The summed E-state index contributed by atoms with van der Waals surface area (Å²) in [7, 11) is 0. The molecule has 46 valence electrons. The van der Waals surface area contributed by atoms with Gasteiger partial charge >= 0.3 is 0 Å². The van der Waals surface area contributed by atoms with Crippen molar-refractivity contribution in [3.8, 4) is 0 Å². The molecule has 0 unspecified atom stereocenters. The first kappa shape index (κ1) is 6.44. The monoisotopic (exact) mass is 150 g/mol. The first-order valence-electron chi connectivity index (χ1n) is 2.74. The van der Waals surface area contributed by atoms with Gasteiger partial charge < -0.3 is 0 Å². The van der Waals surface area contributed by atoms with Crippen LogP contribution in [0.25, 0.3) is 0 Å². The molecule has 0 spiro atoms. The van der Waals surface area contributed by atoms with Crippen LogP contribution in [0.15, 0.2) is 12.2 Å². The van der Waals surface area contributed by atoms with Crippen LogP contribution in [0.3, 0.4) is 0 Å². The molecule has 1 aliphatic carbocycles. The van der Waals surface area contributed by atoms with Gasteiger partial charge in [0.25, 0.3) is 0 Å². The third-order valence-corrected chi connectivity index (χ3v) is 2.38. The molecule has 2 atom stereocenters. The second kappa shape index (κ2) is 2.75. The molecule has 0 aromatic carbocycles. The lowest BCUT2D eigenvalue weighted by Crippen LogP contribution is -2.15. The van der Waals surface area contributed by atoms with Crippen LogP contribution in [-0.2, 0) is 0 Å². The normalized spacial score (nSPS) is 37.8. The molecule has 0 saturated carbocycles. The van der Waals surface area contributed by atoms with Gasteiger partial charge in [0.2, 0.25) is 0 Å². The predicted molar refractivity (Wildman–Crippen MR) is 37.7 cm³/mol. The molecule has 1 rings (SSSR count). The largest absolute Gasteiger partial charge is 0.121 e. The average molecular weight is 151 g/mol. The van der Waals surface area contributed by atoms with Gasteiger partial charge in [-0.2, -0.15) is 0 Å². The molecule has 0 amide bonds. The number of allylic oxidation sites excluding steroid dienone is 2. The molecular formula is C6H8Cl2. The summed E-state index contributed by atoms with van der Waals surface area (Å²) in [6, 6.07) is 0. The molecule has 0 fully saturated rings. The van der Waals surface area contributed by atoms with Crippen LogP contribution in [0.4, 0.5) is 0 Å². The van der Waals surface area contributed by atoms with E-state index >= 15 is 0 Å². The van der Waals surface area contributed by atoms with Crippen molar-refractivity contribution < 1.29 is 0 Å². The molecule has 8 heavy (non-hydrogen) atoms. The van der Waals surface area contributed by atoms with Crippen LogP contribution in [0.2, 0.25) is 0 Å². The lowest BCUT2D eigenvalue weighted by Gasteiger charge is -2.15. The van der Waals surface area contributed by atoms with E-state index in [-0.39, 0.29) is 10.8 Å². The first-order valence-corrected chi connectivity index (χ1v) is 3.61. The fourth-order valence-electron chi connectivity index (χ4n) is 0.748. The number of alkyl halides is 2. The van der Waals surface area contributed by atoms with Gasteiger partial charge in [-0.3, -0.25) is 0 Å². The van der Waals surface area contributed by atoms with Crippen molar-refractivity contribution in [2.75, 3.05) is 0 Å². The Kier molecular flexibility index (Phi) is 2.21. The summed E-state index contributed by atoms with van der Waals surface area (Å²) >= 11 is 11.6. The van der Waals surface area contributed by atoms with Gasteiger partial charge in [-0.05, 0) is 12.8 Å². The van der Waals surface area contributed by atoms with Crippen molar-refractivity contribution in [2.45, 2.75) is 23.6 Å². The van der Waals surface area contributed by atoms with E-state index in [4.69, 9.17) is 23.2 Å². The second-order valence-electron chi connectivity index (χ2n) is 1.97. The van der Waals surface area contributed by atoms with Crippen molar-refractivity contribution in [1.82, 2.24) is 0 Å². The van der Waals surface area contributed by atoms with Crippen LogP contribution >= 0.6 is 23.2 Å². The molecule has 0 bridgehead atoms. The summed E-state index contributed by atoms with van der Waals surface area (Å²) in [4.78, 5) is 0. The average Bonchev–Trinajstić information content (AvgIpc) is 1.77. The van der Waals surface area contributed by atoms with Gasteiger partial charge in [0.15, 0.2) is 0 Å². The molecule has 2 heteroatoms. The maximum absolute atomic E-state index is 5.78. The Morgan fingerprint density at radius 2 is 1.38 bits per heavy atom. The summed E-state index contributed by atoms with van der Waals surface area (Å²) in [5.41, 5.74) is 0. The molecule has 0 heterocycles. The maximum atomic E-state index is 5.78. The molecule has 0 radical (unpaired) electrons. The van der Waals surface area contributed by atoms with E-state index < -0.39 is 0 Å². The zero-order chi connectivity index (χ0) is 5.98. The minimum absolute atomic E-state index is 0.154. The standard InChI is InChI=1S/C6H8Cl2/c7-5-3-1-2-4-6(5)8/h1-2,5-6H,3-4H2/t5-,6-/m1/s1. The Hall–Kier alpha value is 0.320. The summed E-state index contributed by atoms with van der Waals surface area (Å²) in [5.74, 6) is 0. The Morgan fingerprint density at radius 1 is 1.00 bits per heavy atom. The lowest BCUT2D eigenvalue weighted by molar-refractivity contribution is 0.749. The fraction of sp³-hybridized carbons (Fsp3) is 0.667. The van der Waals surface area contributed by atoms with Gasteiger partial charge in [-0.1, -0.05) is 12.2 Å². The smallest absolute Gasteiger partial charge is 0.0537 e. The molecule has 0 aromatic rings. The Morgan fingerprint density at radius 3 is 1.62 bits per heavy atom. The van der Waals surface area contributed by atoms with Gasteiger partial charge in [0.1, 0.15) is 0 Å². The van der Waals surface area contributed by atoms with Crippen molar-refractivity contribution >= 4 is 23.2 Å². The van der Waals surface area contributed by atoms with Crippen molar-refractivity contribution in [3.63, 3.8) is 0 Å². The molecule has 0 aromatic heterocycles. The Labute approximate surface area is 59.5 Å². The third-order valence-electron chi connectivity index (χ3n) is 1.28. The van der Waals surface area contributed by atoms with E-state index in [0.29, 0.717) is 0 Å². The number of halogens is 2. The van der Waals surface area contributed by atoms with Crippen LogP contribution in [0.5, 0.6) is 0 Å². The van der Waals surface area contributed by atoms with Crippen molar-refractivity contribution in [2.24, 2.45) is 0 Å². The molecule has 0 aliphatic heterocycles. The number of hydrogen-bond donors (Lipinski definition) is 0. The Balaban J connectivity index is 2.44. The molecule has 0 saturated heterocycles. The highest BCUT2D eigenvalue weighted by atomic mass is 35.5. The van der Waals surface area contributed by atoms with E-state index in [1.807, 2.05) is 0 Å². The van der Waals surface area contributed by atoms with E-state index in [2.05, 4.69) is 12.2 Å². The third kappa shape index (κ3) is 1.40. The van der Waals surface area contributed by atoms with Gasteiger partial charge in [-0.15, -0.1) is 23.2 Å². The van der Waals surface area contributed by atoms with Crippen LogP contribution in [0, 0.1) is 0 Å². The van der Waals surface area contributed by atoms with Crippen molar-refractivity contribution in [3.05, 3.63) is 12.2 Å². The molecular weight excluding hydrogens is 143 g/mol. The Bertz CT molecular complexity index is 86.7. The summed E-state index contributed by atoms with van der Waals surface area (Å²) in [6.07, 6.45) is 6.01. The highest BCUT2D eigenvalue weighted by Crippen LogP contribution is 2.21. The molecule has 0 nitrogen and oxygen atoms in total. The maximum Gasteiger partial charge on any atom is 0.0537 e. The van der Waals surface area contributed by atoms with Gasteiger partial charge in [0.05, 0.1) is 10.8 Å². The molecule has 0 N–H and O–H groups in total. The quantitative estimate of drug-likeness (QED) is 0.368. The summed E-state index contributed by atoms with van der Waals surface area (Å²) < 4.78 is 0. The van der Waals surface area contributed by atoms with Gasteiger partial charge in [-0.25, -0.2) is 0 Å². The predicted octanol–water partition coefficient (Wildman–Crippen LogP) is 2.55. The lowest BCUT2D eigenvalue weighted by atomic mass is 10.1. The van der Waals surface area contributed by atoms with Crippen LogP contribution in [-0.4, -0.2) is 10.8 Å². The summed E-state index contributed by atoms with van der Waals surface area (Å²) in [5, 5.41) is 0.309. The SMILES string of the molecule is Cl[C@@H]1CC=CC[C@H]1Cl. The van der Waals surface area contributed by atoms with Crippen molar-refractivity contribution in [1.29, 1.82) is 0 Å². The zero-order valence-corrected chi connectivity index (χ0v) is 5.99. The first-order chi connectivity index (χ1) is 3.80. The van der Waals surface area contributed by atoms with Gasteiger partial charge in [0, 0.05) is 0 Å². The summed E-state index contributed by atoms with van der Waals surface area (Å²) in [6.45, 7) is 0. The van der Waals surface area contributed by atoms with Crippen LogP contribution in [0.1, 0.15) is 12.8 Å². The molecule has 1 aliphatic rings. The van der Waals surface area contributed by atoms with E-state index in [0.717, 1.165) is 12.8 Å². The number of rotatable bonds is 0. The minimum Gasteiger partial charge on any atom is -0.121 e.